The summed E-state index contributed by atoms with van der Waals surface area (Å²) in [6, 6.07) is 19.0. The van der Waals surface area contributed by atoms with Crippen molar-refractivity contribution in [3.63, 3.8) is 0 Å². The quantitative estimate of drug-likeness (QED) is 0.496. The van der Waals surface area contributed by atoms with Gasteiger partial charge in [-0.1, -0.05) is 35.0 Å². The summed E-state index contributed by atoms with van der Waals surface area (Å²) in [5, 5.41) is 2.89. The van der Waals surface area contributed by atoms with Gasteiger partial charge >= 0.3 is 0 Å². The van der Waals surface area contributed by atoms with Crippen molar-refractivity contribution in [1.82, 2.24) is 4.90 Å². The molecule has 0 radical (unpaired) electrons. The Bertz CT molecular complexity index is 1070. The molecule has 0 aliphatic carbocycles. The van der Waals surface area contributed by atoms with E-state index in [1.165, 1.54) is 0 Å². The van der Waals surface area contributed by atoms with Crippen molar-refractivity contribution >= 4 is 39.1 Å². The molecule has 1 aliphatic rings. The number of benzene rings is 2. The number of hydrogen-bond acceptors (Lipinski definition) is 4. The summed E-state index contributed by atoms with van der Waals surface area (Å²) >= 11 is 3.41. The van der Waals surface area contributed by atoms with Crippen LogP contribution in [-0.2, 0) is 4.79 Å². The van der Waals surface area contributed by atoms with E-state index in [2.05, 4.69) is 26.1 Å². The molecule has 1 fully saturated rings. The Balaban J connectivity index is 1.34. The van der Waals surface area contributed by atoms with Crippen LogP contribution in [0.25, 0.3) is 11.3 Å². The normalized spacial score (nSPS) is 13.8. The first-order chi connectivity index (χ1) is 15.5. The number of rotatable bonds is 6. The summed E-state index contributed by atoms with van der Waals surface area (Å²) in [4.78, 5) is 28.9. The lowest BCUT2D eigenvalue weighted by Crippen LogP contribution is -2.48. The fraction of sp³-hybridized carbons (Fsp3) is 0.280. The third kappa shape index (κ3) is 5.22. The Kier molecular flexibility index (Phi) is 6.95. The van der Waals surface area contributed by atoms with Gasteiger partial charge in [0.15, 0.2) is 5.76 Å². The third-order valence-corrected chi connectivity index (χ3v) is 6.07. The minimum Gasteiger partial charge on any atom is -0.451 e. The molecule has 7 heteroatoms. The molecule has 4 rings (SSSR count). The topological polar surface area (TPSA) is 65.8 Å². The Morgan fingerprint density at radius 2 is 1.62 bits per heavy atom. The number of amides is 2. The van der Waals surface area contributed by atoms with E-state index in [0.29, 0.717) is 17.9 Å². The van der Waals surface area contributed by atoms with Crippen molar-refractivity contribution in [3.8, 4) is 11.3 Å². The van der Waals surface area contributed by atoms with E-state index in [0.717, 1.165) is 48.3 Å². The number of piperazine rings is 1. The predicted octanol–water partition coefficient (Wildman–Crippen LogP) is 5.41. The van der Waals surface area contributed by atoms with Crippen molar-refractivity contribution in [2.75, 3.05) is 36.4 Å². The fourth-order valence-electron chi connectivity index (χ4n) is 3.76. The van der Waals surface area contributed by atoms with Crippen LogP contribution >= 0.6 is 15.9 Å². The summed E-state index contributed by atoms with van der Waals surface area (Å²) in [7, 11) is 0. The molecule has 0 unspecified atom stereocenters. The first-order valence-electron chi connectivity index (χ1n) is 10.8. The van der Waals surface area contributed by atoms with Crippen molar-refractivity contribution in [2.24, 2.45) is 0 Å². The number of furan rings is 1. The van der Waals surface area contributed by atoms with E-state index >= 15 is 0 Å². The van der Waals surface area contributed by atoms with Gasteiger partial charge in [0.1, 0.15) is 5.76 Å². The summed E-state index contributed by atoms with van der Waals surface area (Å²) < 4.78 is 6.73. The van der Waals surface area contributed by atoms with E-state index in [4.69, 9.17) is 4.42 Å². The lowest BCUT2D eigenvalue weighted by atomic mass is 10.2. The lowest BCUT2D eigenvalue weighted by molar-refractivity contribution is -0.131. The van der Waals surface area contributed by atoms with E-state index < -0.39 is 0 Å². The maximum absolute atomic E-state index is 12.6. The molecule has 0 bridgehead atoms. The third-order valence-electron chi connectivity index (χ3n) is 5.55. The molecule has 6 nitrogen and oxygen atoms in total. The molecule has 1 saturated heterocycles. The fourth-order valence-corrected chi connectivity index (χ4v) is 4.03. The second-order valence-electron chi connectivity index (χ2n) is 7.79. The summed E-state index contributed by atoms with van der Waals surface area (Å²) in [5.74, 6) is 0.866. The van der Waals surface area contributed by atoms with Gasteiger partial charge in [-0.05, 0) is 55.0 Å². The zero-order valence-electron chi connectivity index (χ0n) is 18.0. The minimum atomic E-state index is -0.288. The van der Waals surface area contributed by atoms with Crippen molar-refractivity contribution in [2.45, 2.75) is 19.8 Å². The highest BCUT2D eigenvalue weighted by molar-refractivity contribution is 9.10. The van der Waals surface area contributed by atoms with Crippen LogP contribution in [0.2, 0.25) is 0 Å². The highest BCUT2D eigenvalue weighted by Gasteiger charge is 2.20. The Hall–Kier alpha value is -3.06. The van der Waals surface area contributed by atoms with Gasteiger partial charge in [0, 0.05) is 54.0 Å². The number of nitrogens with zero attached hydrogens (tertiary/aromatic N) is 2. The molecule has 0 atom stereocenters. The van der Waals surface area contributed by atoms with Crippen LogP contribution in [0.5, 0.6) is 0 Å². The molecule has 166 valence electrons. The molecule has 2 amide bonds. The molecule has 1 N–H and O–H groups in total. The second kappa shape index (κ2) is 10.0. The van der Waals surface area contributed by atoms with Gasteiger partial charge in [0.25, 0.3) is 5.91 Å². The molecule has 3 aromatic rings. The molecule has 0 spiro atoms. The molecule has 2 aromatic carbocycles. The van der Waals surface area contributed by atoms with Gasteiger partial charge in [0.05, 0.1) is 0 Å². The Labute approximate surface area is 196 Å². The molecule has 32 heavy (non-hydrogen) atoms. The number of halogens is 1. The predicted molar refractivity (Wildman–Crippen MR) is 130 cm³/mol. The first kappa shape index (κ1) is 22.1. The molecular formula is C25H26BrN3O3. The van der Waals surface area contributed by atoms with Gasteiger partial charge in [-0.3, -0.25) is 9.59 Å². The van der Waals surface area contributed by atoms with Crippen LogP contribution in [0.3, 0.4) is 0 Å². The van der Waals surface area contributed by atoms with E-state index in [9.17, 15) is 9.59 Å². The molecule has 0 saturated carbocycles. The molecule has 2 heterocycles. The van der Waals surface area contributed by atoms with Crippen LogP contribution < -0.4 is 10.2 Å². The minimum absolute atomic E-state index is 0.242. The highest BCUT2D eigenvalue weighted by atomic mass is 79.9. The lowest BCUT2D eigenvalue weighted by Gasteiger charge is -2.36. The number of carbonyl (C=O) groups excluding carboxylic acids is 2. The average Bonchev–Trinajstić information content (AvgIpc) is 3.31. The van der Waals surface area contributed by atoms with Crippen LogP contribution in [0.4, 0.5) is 11.4 Å². The van der Waals surface area contributed by atoms with E-state index in [-0.39, 0.29) is 17.6 Å². The van der Waals surface area contributed by atoms with Crippen LogP contribution in [0.15, 0.2) is 69.6 Å². The summed E-state index contributed by atoms with van der Waals surface area (Å²) in [6.07, 6.45) is 1.50. The maximum Gasteiger partial charge on any atom is 0.291 e. The number of carbonyl (C=O) groups is 2. The van der Waals surface area contributed by atoms with Crippen molar-refractivity contribution in [3.05, 3.63) is 70.9 Å². The molecular weight excluding hydrogens is 470 g/mol. The summed E-state index contributed by atoms with van der Waals surface area (Å²) in [5.41, 5.74) is 2.70. The van der Waals surface area contributed by atoms with Crippen LogP contribution in [0.1, 0.15) is 30.3 Å². The zero-order valence-corrected chi connectivity index (χ0v) is 19.6. The Morgan fingerprint density at radius 3 is 2.28 bits per heavy atom. The van der Waals surface area contributed by atoms with E-state index in [1.807, 2.05) is 60.4 Å². The maximum atomic E-state index is 12.6. The second-order valence-corrected chi connectivity index (χ2v) is 8.71. The zero-order chi connectivity index (χ0) is 22.5. The number of hydrogen-bond donors (Lipinski definition) is 1. The standard InChI is InChI=1S/C25H26BrN3O3/c1-2-3-24(30)29-16-14-28(15-17-29)21-10-8-20(9-11-21)27-25(31)23-13-12-22(32-23)18-4-6-19(26)7-5-18/h4-13H,2-3,14-17H2,1H3,(H,27,31). The highest BCUT2D eigenvalue weighted by Crippen LogP contribution is 2.25. The first-order valence-corrected chi connectivity index (χ1v) is 11.6. The van der Waals surface area contributed by atoms with Crippen molar-refractivity contribution < 1.29 is 14.0 Å². The number of nitrogens with one attached hydrogen (secondary N) is 1. The van der Waals surface area contributed by atoms with Crippen molar-refractivity contribution in [1.29, 1.82) is 0 Å². The largest absolute Gasteiger partial charge is 0.451 e. The summed E-state index contributed by atoms with van der Waals surface area (Å²) in [6.45, 7) is 5.15. The molecule has 1 aliphatic heterocycles. The van der Waals surface area contributed by atoms with Gasteiger partial charge in [-0.2, -0.15) is 0 Å². The van der Waals surface area contributed by atoms with Gasteiger partial charge < -0.3 is 19.5 Å². The average molecular weight is 496 g/mol. The number of anilines is 2. The molecule has 1 aromatic heterocycles. The SMILES string of the molecule is CCCC(=O)N1CCN(c2ccc(NC(=O)c3ccc(-c4ccc(Br)cc4)o3)cc2)CC1. The van der Waals surface area contributed by atoms with Gasteiger partial charge in [-0.15, -0.1) is 0 Å². The smallest absolute Gasteiger partial charge is 0.291 e. The Morgan fingerprint density at radius 1 is 0.938 bits per heavy atom. The van der Waals surface area contributed by atoms with Crippen LogP contribution in [0, 0.1) is 0 Å². The monoisotopic (exact) mass is 495 g/mol. The van der Waals surface area contributed by atoms with Crippen LogP contribution in [-0.4, -0.2) is 42.9 Å². The van der Waals surface area contributed by atoms with Gasteiger partial charge in [0.2, 0.25) is 5.91 Å². The van der Waals surface area contributed by atoms with E-state index in [1.54, 1.807) is 12.1 Å². The van der Waals surface area contributed by atoms with Gasteiger partial charge in [-0.25, -0.2) is 0 Å².